The van der Waals surface area contributed by atoms with Gasteiger partial charge in [0, 0.05) is 19.8 Å². The summed E-state index contributed by atoms with van der Waals surface area (Å²) in [5.74, 6) is 0. The normalized spacial score (nSPS) is 10.4. The zero-order valence-corrected chi connectivity index (χ0v) is 13.3. The van der Waals surface area contributed by atoms with Gasteiger partial charge in [-0.05, 0) is 31.3 Å². The molecule has 0 saturated heterocycles. The van der Waals surface area contributed by atoms with Crippen LogP contribution in [0.15, 0.2) is 30.5 Å². The van der Waals surface area contributed by atoms with E-state index < -0.39 is 0 Å². The van der Waals surface area contributed by atoms with Crippen molar-refractivity contribution >= 4 is 34.6 Å². The van der Waals surface area contributed by atoms with Crippen molar-refractivity contribution in [3.63, 3.8) is 0 Å². The number of thiocarbonyl (C=S) groups is 1. The minimum atomic E-state index is 0.604. The van der Waals surface area contributed by atoms with Gasteiger partial charge in [0.2, 0.25) is 0 Å². The zero-order valence-electron chi connectivity index (χ0n) is 11.7. The lowest BCUT2D eigenvalue weighted by Crippen LogP contribution is -2.31. The number of aryl methyl sites for hydroxylation is 2. The first-order chi connectivity index (χ1) is 9.47. The Kier molecular flexibility index (Phi) is 4.62. The lowest BCUT2D eigenvalue weighted by Gasteiger charge is -2.21. The van der Waals surface area contributed by atoms with Crippen LogP contribution in [0.25, 0.3) is 0 Å². The number of anilines is 1. The molecule has 20 heavy (non-hydrogen) atoms. The second-order valence-electron chi connectivity index (χ2n) is 4.72. The summed E-state index contributed by atoms with van der Waals surface area (Å²) < 4.78 is 1.76. The van der Waals surface area contributed by atoms with Crippen molar-refractivity contribution in [2.75, 3.05) is 12.4 Å². The van der Waals surface area contributed by atoms with Gasteiger partial charge in [-0.3, -0.25) is 4.68 Å². The van der Waals surface area contributed by atoms with Gasteiger partial charge in [-0.25, -0.2) is 0 Å². The van der Waals surface area contributed by atoms with Gasteiger partial charge in [-0.1, -0.05) is 29.3 Å². The molecular weight excluding hydrogens is 292 g/mol. The van der Waals surface area contributed by atoms with Crippen molar-refractivity contribution in [3.05, 3.63) is 46.7 Å². The highest BCUT2D eigenvalue weighted by Gasteiger charge is 2.11. The summed E-state index contributed by atoms with van der Waals surface area (Å²) in [7, 11) is 3.79. The van der Waals surface area contributed by atoms with Crippen LogP contribution in [0.1, 0.15) is 11.3 Å². The third-order valence-electron chi connectivity index (χ3n) is 3.05. The quantitative estimate of drug-likeness (QED) is 0.883. The number of halogens is 1. The lowest BCUT2D eigenvalue weighted by atomic mass is 10.2. The third kappa shape index (κ3) is 3.49. The summed E-state index contributed by atoms with van der Waals surface area (Å²) in [5, 5.41) is 8.62. The maximum atomic E-state index is 6.10. The van der Waals surface area contributed by atoms with E-state index in [9.17, 15) is 0 Å². The van der Waals surface area contributed by atoms with E-state index in [1.54, 1.807) is 10.9 Å². The SMILES string of the molecule is Cc1ccc(NC(=S)N(C)Cc2c(Cl)cnn2C)cc1. The molecular formula is C14H17ClN4S. The Balaban J connectivity index is 2.00. The molecule has 6 heteroatoms. The number of rotatable bonds is 3. The van der Waals surface area contributed by atoms with Gasteiger partial charge in [-0.2, -0.15) is 5.10 Å². The Bertz CT molecular complexity index is 587. The van der Waals surface area contributed by atoms with E-state index >= 15 is 0 Å². The lowest BCUT2D eigenvalue weighted by molar-refractivity contribution is 0.482. The molecule has 0 spiro atoms. The van der Waals surface area contributed by atoms with Gasteiger partial charge < -0.3 is 10.2 Å². The molecule has 1 aromatic heterocycles. The van der Waals surface area contributed by atoms with Gasteiger partial charge >= 0.3 is 0 Å². The van der Waals surface area contributed by atoms with Crippen molar-refractivity contribution in [2.24, 2.45) is 7.05 Å². The predicted molar refractivity (Wildman–Crippen MR) is 87.1 cm³/mol. The second kappa shape index (κ2) is 6.24. The third-order valence-corrected chi connectivity index (χ3v) is 3.78. The molecule has 4 nitrogen and oxygen atoms in total. The van der Waals surface area contributed by atoms with E-state index in [0.29, 0.717) is 16.7 Å². The Morgan fingerprint density at radius 1 is 1.40 bits per heavy atom. The van der Waals surface area contributed by atoms with E-state index in [0.717, 1.165) is 11.4 Å². The minimum absolute atomic E-state index is 0.604. The Labute approximate surface area is 129 Å². The van der Waals surface area contributed by atoms with E-state index in [4.69, 9.17) is 23.8 Å². The highest BCUT2D eigenvalue weighted by Crippen LogP contribution is 2.16. The molecule has 2 aromatic rings. The predicted octanol–water partition coefficient (Wildman–Crippen LogP) is 3.21. The second-order valence-corrected chi connectivity index (χ2v) is 5.51. The number of hydrogen-bond acceptors (Lipinski definition) is 2. The molecule has 0 unspecified atom stereocenters. The van der Waals surface area contributed by atoms with Crippen LogP contribution in [0.5, 0.6) is 0 Å². The fraction of sp³-hybridized carbons (Fsp3) is 0.286. The summed E-state index contributed by atoms with van der Waals surface area (Å²) in [5.41, 5.74) is 3.13. The van der Waals surface area contributed by atoms with Gasteiger partial charge in [0.1, 0.15) is 0 Å². The molecule has 1 N–H and O–H groups in total. The molecule has 0 saturated carbocycles. The molecule has 0 aliphatic carbocycles. The van der Waals surface area contributed by atoms with Crippen LogP contribution in [0.4, 0.5) is 5.69 Å². The van der Waals surface area contributed by atoms with Gasteiger partial charge in [-0.15, -0.1) is 0 Å². The molecule has 1 heterocycles. The van der Waals surface area contributed by atoms with Gasteiger partial charge in [0.05, 0.1) is 23.5 Å². The van der Waals surface area contributed by atoms with Crippen molar-refractivity contribution in [1.82, 2.24) is 14.7 Å². The molecule has 0 bridgehead atoms. The fourth-order valence-electron chi connectivity index (χ4n) is 1.77. The molecule has 106 valence electrons. The average Bonchev–Trinajstić information content (AvgIpc) is 2.73. The van der Waals surface area contributed by atoms with Crippen molar-refractivity contribution in [2.45, 2.75) is 13.5 Å². The van der Waals surface area contributed by atoms with Gasteiger partial charge in [0.15, 0.2) is 5.11 Å². The van der Waals surface area contributed by atoms with Crippen molar-refractivity contribution in [3.8, 4) is 0 Å². The molecule has 0 fully saturated rings. The summed E-state index contributed by atoms with van der Waals surface area (Å²) >= 11 is 11.5. The summed E-state index contributed by atoms with van der Waals surface area (Å²) in [6.07, 6.45) is 1.64. The Morgan fingerprint density at radius 3 is 2.60 bits per heavy atom. The van der Waals surface area contributed by atoms with Crippen LogP contribution in [0.2, 0.25) is 5.02 Å². The maximum absolute atomic E-state index is 6.10. The first kappa shape index (κ1) is 14.8. The summed E-state index contributed by atoms with van der Waals surface area (Å²) in [4.78, 5) is 1.93. The summed E-state index contributed by atoms with van der Waals surface area (Å²) in [6, 6.07) is 8.10. The molecule has 1 aromatic carbocycles. The molecule has 0 amide bonds. The van der Waals surface area contributed by atoms with E-state index in [2.05, 4.69) is 17.3 Å². The average molecular weight is 309 g/mol. The molecule has 0 aliphatic rings. The molecule has 0 radical (unpaired) electrons. The van der Waals surface area contributed by atoms with Crippen LogP contribution < -0.4 is 5.32 Å². The van der Waals surface area contributed by atoms with Crippen LogP contribution >= 0.6 is 23.8 Å². The largest absolute Gasteiger partial charge is 0.346 e. The topological polar surface area (TPSA) is 33.1 Å². The van der Waals surface area contributed by atoms with Gasteiger partial charge in [0.25, 0.3) is 0 Å². The van der Waals surface area contributed by atoms with E-state index in [1.165, 1.54) is 5.56 Å². The maximum Gasteiger partial charge on any atom is 0.173 e. The molecule has 0 aliphatic heterocycles. The molecule has 0 atom stereocenters. The number of hydrogen-bond donors (Lipinski definition) is 1. The number of nitrogens with one attached hydrogen (secondary N) is 1. The first-order valence-corrected chi connectivity index (χ1v) is 7.01. The number of benzene rings is 1. The molecule has 2 rings (SSSR count). The van der Waals surface area contributed by atoms with Crippen LogP contribution in [0, 0.1) is 6.92 Å². The number of nitrogens with zero attached hydrogens (tertiary/aromatic N) is 3. The number of aromatic nitrogens is 2. The smallest absolute Gasteiger partial charge is 0.173 e. The first-order valence-electron chi connectivity index (χ1n) is 6.22. The highest BCUT2D eigenvalue weighted by atomic mass is 35.5. The highest BCUT2D eigenvalue weighted by molar-refractivity contribution is 7.80. The monoisotopic (exact) mass is 308 g/mol. The zero-order chi connectivity index (χ0) is 14.7. The Morgan fingerprint density at radius 2 is 2.05 bits per heavy atom. The minimum Gasteiger partial charge on any atom is -0.346 e. The fourth-order valence-corrected chi connectivity index (χ4v) is 2.17. The standard InChI is InChI=1S/C14H17ClN4S/c1-10-4-6-11(7-5-10)17-14(20)18(2)9-13-12(15)8-16-19(13)3/h4-8H,9H2,1-3H3,(H,17,20). The van der Waals surface area contributed by atoms with Crippen LogP contribution in [-0.4, -0.2) is 26.8 Å². The van der Waals surface area contributed by atoms with Crippen LogP contribution in [0.3, 0.4) is 0 Å². The summed E-state index contributed by atoms with van der Waals surface area (Å²) in [6.45, 7) is 2.66. The van der Waals surface area contributed by atoms with Crippen LogP contribution in [-0.2, 0) is 13.6 Å². The van der Waals surface area contributed by atoms with E-state index in [-0.39, 0.29) is 0 Å². The Hall–Kier alpha value is -1.59. The van der Waals surface area contributed by atoms with Crippen molar-refractivity contribution < 1.29 is 0 Å². The van der Waals surface area contributed by atoms with Crippen molar-refractivity contribution in [1.29, 1.82) is 0 Å². The van der Waals surface area contributed by atoms with E-state index in [1.807, 2.05) is 43.3 Å².